The number of pyridine rings is 2. The molecule has 1 aromatic carbocycles. The van der Waals surface area contributed by atoms with Crippen molar-refractivity contribution in [3.8, 4) is 0 Å². The van der Waals surface area contributed by atoms with Gasteiger partial charge in [0.25, 0.3) is 5.91 Å². The second kappa shape index (κ2) is 10.4. The largest absolute Gasteiger partial charge is 0.387 e. The fourth-order valence-corrected chi connectivity index (χ4v) is 4.46. The maximum atomic E-state index is 12.9. The second-order valence-electron chi connectivity index (χ2n) is 8.69. The molecule has 0 aliphatic carbocycles. The van der Waals surface area contributed by atoms with E-state index in [-0.39, 0.29) is 24.0 Å². The van der Waals surface area contributed by atoms with Gasteiger partial charge in [-0.05, 0) is 61.6 Å². The van der Waals surface area contributed by atoms with Gasteiger partial charge >= 0.3 is 0 Å². The predicted octanol–water partition coefficient (Wildman–Crippen LogP) is 4.36. The third-order valence-electron chi connectivity index (χ3n) is 6.50. The number of rotatable bonds is 7. The highest BCUT2D eigenvalue weighted by molar-refractivity contribution is 6.29. The number of halogens is 1. The number of amides is 1. The Morgan fingerprint density at radius 2 is 1.94 bits per heavy atom. The highest BCUT2D eigenvalue weighted by Gasteiger charge is 2.30. The predicted molar refractivity (Wildman–Crippen MR) is 129 cm³/mol. The Kier molecular flexibility index (Phi) is 7.38. The molecule has 0 bridgehead atoms. The minimum Gasteiger partial charge on any atom is -0.387 e. The molecule has 1 fully saturated rings. The van der Waals surface area contributed by atoms with E-state index in [9.17, 15) is 9.90 Å². The molecule has 3 heterocycles. The minimum absolute atomic E-state index is 0.0126. The van der Waals surface area contributed by atoms with Gasteiger partial charge in [-0.3, -0.25) is 9.78 Å². The minimum atomic E-state index is -0.614. The average molecular weight is 465 g/mol. The normalized spacial score (nSPS) is 19.8. The number of carbonyl (C=O) groups excluding carboxylic acids is 1. The Labute approximate surface area is 199 Å². The summed E-state index contributed by atoms with van der Waals surface area (Å²) in [7, 11) is 1.82. The van der Waals surface area contributed by atoms with Crippen LogP contribution in [0.1, 0.15) is 59.0 Å². The molecule has 1 amide bonds. The maximum Gasteiger partial charge on any atom is 0.254 e. The summed E-state index contributed by atoms with van der Waals surface area (Å²) >= 11 is 5.85. The quantitative estimate of drug-likeness (QED) is 0.508. The first-order valence-corrected chi connectivity index (χ1v) is 11.6. The van der Waals surface area contributed by atoms with Gasteiger partial charge in [0.05, 0.1) is 12.1 Å². The number of benzene rings is 1. The van der Waals surface area contributed by atoms with Crippen LogP contribution in [0.15, 0.2) is 67.1 Å². The number of nitrogens with zero attached hydrogens (tertiary/aromatic N) is 3. The van der Waals surface area contributed by atoms with Crippen molar-refractivity contribution in [1.29, 1.82) is 0 Å². The number of nitrogens with one attached hydrogen (secondary N) is 1. The third-order valence-corrected chi connectivity index (χ3v) is 6.72. The zero-order valence-corrected chi connectivity index (χ0v) is 19.6. The van der Waals surface area contributed by atoms with Crippen molar-refractivity contribution in [3.63, 3.8) is 0 Å². The van der Waals surface area contributed by atoms with Crippen LogP contribution >= 0.6 is 11.6 Å². The van der Waals surface area contributed by atoms with Crippen LogP contribution in [0.5, 0.6) is 0 Å². The topological polar surface area (TPSA) is 78.4 Å². The van der Waals surface area contributed by atoms with Gasteiger partial charge in [-0.15, -0.1) is 0 Å². The van der Waals surface area contributed by atoms with Crippen molar-refractivity contribution in [3.05, 3.63) is 94.5 Å². The van der Waals surface area contributed by atoms with Crippen LogP contribution in [0.4, 0.5) is 0 Å². The Bertz CT molecular complexity index is 1060. The first-order valence-electron chi connectivity index (χ1n) is 11.2. The lowest BCUT2D eigenvalue weighted by Crippen LogP contribution is -2.35. The molecule has 4 rings (SSSR count). The van der Waals surface area contributed by atoms with Crippen molar-refractivity contribution in [2.24, 2.45) is 0 Å². The molecule has 172 valence electrons. The number of aliphatic hydroxyl groups is 1. The van der Waals surface area contributed by atoms with Crippen LogP contribution in [-0.4, -0.2) is 45.0 Å². The monoisotopic (exact) mass is 464 g/mol. The van der Waals surface area contributed by atoms with E-state index in [4.69, 9.17) is 11.6 Å². The van der Waals surface area contributed by atoms with E-state index in [0.29, 0.717) is 10.7 Å². The third kappa shape index (κ3) is 5.58. The van der Waals surface area contributed by atoms with Crippen LogP contribution in [-0.2, 0) is 6.42 Å². The van der Waals surface area contributed by atoms with E-state index in [0.717, 1.165) is 36.0 Å². The van der Waals surface area contributed by atoms with Crippen LogP contribution in [0.3, 0.4) is 0 Å². The van der Waals surface area contributed by atoms with E-state index >= 15 is 0 Å². The van der Waals surface area contributed by atoms with Crippen LogP contribution in [0.2, 0.25) is 5.15 Å². The fraction of sp³-hybridized carbons (Fsp3) is 0.346. The van der Waals surface area contributed by atoms with Crippen LogP contribution < -0.4 is 5.32 Å². The summed E-state index contributed by atoms with van der Waals surface area (Å²) in [6, 6.07) is 15.4. The molecule has 3 aromatic rings. The van der Waals surface area contributed by atoms with E-state index < -0.39 is 6.10 Å². The highest BCUT2D eigenvalue weighted by Crippen LogP contribution is 2.27. The van der Waals surface area contributed by atoms with Crippen molar-refractivity contribution in [2.45, 2.75) is 50.4 Å². The Hall–Kier alpha value is -2.80. The maximum absolute atomic E-state index is 12.9. The second-order valence-corrected chi connectivity index (χ2v) is 9.07. The fourth-order valence-electron chi connectivity index (χ4n) is 4.35. The smallest absolute Gasteiger partial charge is 0.254 e. The number of aromatic nitrogens is 2. The molecule has 6 nitrogen and oxygen atoms in total. The zero-order chi connectivity index (χ0) is 23.4. The van der Waals surface area contributed by atoms with Gasteiger partial charge in [-0.2, -0.15) is 0 Å². The molecule has 4 unspecified atom stereocenters. The Balaban J connectivity index is 1.33. The van der Waals surface area contributed by atoms with Crippen molar-refractivity contribution >= 4 is 17.5 Å². The lowest BCUT2D eigenvalue weighted by atomic mass is 10.0. The molecule has 1 saturated heterocycles. The summed E-state index contributed by atoms with van der Waals surface area (Å²) in [6.45, 7) is 2.00. The van der Waals surface area contributed by atoms with Crippen LogP contribution in [0, 0.1) is 0 Å². The first-order chi connectivity index (χ1) is 15.9. The van der Waals surface area contributed by atoms with Crippen LogP contribution in [0.25, 0.3) is 0 Å². The SMILES string of the molecule is CC(c1cccnc1)N(C)C(=O)c1ccc(CC2CCC(C(O)c3ccc(Cl)nc3)N2)cc1. The summed E-state index contributed by atoms with van der Waals surface area (Å²) in [6.07, 6.45) is 7.25. The van der Waals surface area contributed by atoms with E-state index in [1.54, 1.807) is 29.6 Å². The molecule has 0 spiro atoms. The molecule has 2 N–H and O–H groups in total. The number of hydrogen-bond donors (Lipinski definition) is 2. The summed E-state index contributed by atoms with van der Waals surface area (Å²) < 4.78 is 0. The molecule has 1 aliphatic rings. The molecular weight excluding hydrogens is 436 g/mol. The molecule has 33 heavy (non-hydrogen) atoms. The standard InChI is InChI=1S/C26H29ClN4O2/c1-17(20-4-3-13-28-15-20)31(2)26(33)19-7-5-18(6-8-19)14-22-10-11-23(30-22)25(32)21-9-12-24(27)29-16-21/h3-9,12-13,15-17,22-23,25,30,32H,10-11,14H2,1-2H3. The van der Waals surface area contributed by atoms with Crippen molar-refractivity contribution in [2.75, 3.05) is 7.05 Å². The molecule has 4 atom stereocenters. The summed E-state index contributed by atoms with van der Waals surface area (Å²) in [4.78, 5) is 22.9. The molecule has 0 saturated carbocycles. The molecule has 0 radical (unpaired) electrons. The average Bonchev–Trinajstić information content (AvgIpc) is 3.32. The lowest BCUT2D eigenvalue weighted by molar-refractivity contribution is 0.0742. The van der Waals surface area contributed by atoms with E-state index in [1.807, 2.05) is 56.4 Å². The lowest BCUT2D eigenvalue weighted by Gasteiger charge is -2.25. The van der Waals surface area contributed by atoms with Crippen molar-refractivity contribution < 1.29 is 9.90 Å². The number of aliphatic hydroxyl groups excluding tert-OH is 1. The molecule has 2 aromatic heterocycles. The Morgan fingerprint density at radius 3 is 2.61 bits per heavy atom. The Morgan fingerprint density at radius 1 is 1.15 bits per heavy atom. The van der Waals surface area contributed by atoms with E-state index in [1.165, 1.54) is 0 Å². The summed E-state index contributed by atoms with van der Waals surface area (Å²) in [5.74, 6) is -0.0170. The first kappa shape index (κ1) is 23.4. The molecule has 7 heteroatoms. The van der Waals surface area contributed by atoms with Gasteiger partial charge in [0.1, 0.15) is 5.15 Å². The van der Waals surface area contributed by atoms with Gasteiger partial charge in [0.15, 0.2) is 0 Å². The van der Waals surface area contributed by atoms with Gasteiger partial charge in [-0.1, -0.05) is 35.9 Å². The van der Waals surface area contributed by atoms with Gasteiger partial charge in [-0.25, -0.2) is 4.98 Å². The van der Waals surface area contributed by atoms with Gasteiger partial charge in [0.2, 0.25) is 0 Å². The highest BCUT2D eigenvalue weighted by atomic mass is 35.5. The van der Waals surface area contributed by atoms with Gasteiger partial charge < -0.3 is 15.3 Å². The summed E-state index contributed by atoms with van der Waals surface area (Å²) in [5, 5.41) is 14.6. The van der Waals surface area contributed by atoms with Crippen molar-refractivity contribution in [1.82, 2.24) is 20.2 Å². The molecule has 1 aliphatic heterocycles. The van der Waals surface area contributed by atoms with Gasteiger partial charge in [0, 0.05) is 48.8 Å². The van der Waals surface area contributed by atoms with E-state index in [2.05, 4.69) is 15.3 Å². The molecular formula is C26H29ClN4O2. The zero-order valence-electron chi connectivity index (χ0n) is 18.9. The number of carbonyl (C=O) groups is 1. The summed E-state index contributed by atoms with van der Waals surface area (Å²) in [5.41, 5.74) is 3.60. The number of hydrogen-bond acceptors (Lipinski definition) is 5.